The third-order valence-electron chi connectivity index (χ3n) is 19.3. The molecule has 14 rings (SSSR count). The summed E-state index contributed by atoms with van der Waals surface area (Å²) in [7, 11) is 0. The van der Waals surface area contributed by atoms with Gasteiger partial charge in [0.2, 0.25) is 0 Å². The second-order valence-electron chi connectivity index (χ2n) is 24.7. The number of allylic oxidation sites excluding steroid dienone is 2. The third kappa shape index (κ3) is 8.23. The Balaban J connectivity index is 1.08. The molecular weight excluding hydrogens is 1010 g/mol. The Kier molecular flexibility index (Phi) is 12.3. The van der Waals surface area contributed by atoms with Crippen molar-refractivity contribution in [2.75, 3.05) is 0 Å². The van der Waals surface area contributed by atoms with Gasteiger partial charge in [0.25, 0.3) is 0 Å². The van der Waals surface area contributed by atoms with E-state index in [0.29, 0.717) is 19.1 Å². The van der Waals surface area contributed by atoms with Gasteiger partial charge in [0.1, 0.15) is 0 Å². The van der Waals surface area contributed by atoms with Crippen molar-refractivity contribution in [3.63, 3.8) is 0 Å². The Labute approximate surface area is 453 Å². The van der Waals surface area contributed by atoms with Gasteiger partial charge < -0.3 is 0 Å². The predicted octanol–water partition coefficient (Wildman–Crippen LogP) is 20.8. The summed E-state index contributed by atoms with van der Waals surface area (Å²) < 4.78 is 6.62. The summed E-state index contributed by atoms with van der Waals surface area (Å²) in [5.41, 5.74) is 20.9. The van der Waals surface area contributed by atoms with Crippen LogP contribution in [0.15, 0.2) is 205 Å². The van der Waals surface area contributed by atoms with Crippen molar-refractivity contribution in [1.29, 1.82) is 0 Å². The fourth-order valence-electron chi connectivity index (χ4n) is 16.0. The van der Waals surface area contributed by atoms with E-state index in [1.807, 2.05) is 0 Å². The van der Waals surface area contributed by atoms with Gasteiger partial charge >= 0.3 is 457 Å². The van der Waals surface area contributed by atoms with E-state index in [1.54, 1.807) is 22.3 Å². The van der Waals surface area contributed by atoms with E-state index in [4.69, 9.17) is 0 Å². The van der Waals surface area contributed by atoms with E-state index >= 15 is 0 Å². The minimum atomic E-state index is -4.53. The zero-order valence-corrected chi connectivity index (χ0v) is 48.5. The number of benzene rings is 10. The van der Waals surface area contributed by atoms with Crippen molar-refractivity contribution in [2.24, 2.45) is 11.8 Å². The first-order chi connectivity index (χ1) is 37.3. The van der Waals surface area contributed by atoms with Crippen LogP contribution in [0.5, 0.6) is 0 Å². The molecular formula is C74H70SiZr. The predicted molar refractivity (Wildman–Crippen MR) is 329 cm³/mol. The maximum atomic E-state index is 2.97. The monoisotopic (exact) mass is 1080 g/mol. The standard InChI is InChI=1S/2C36H31.2CH3.H2Si.Zr/c2*1-2-10-25(11-3-1)22-26-23-35-33(31-18-8-14-27-12-4-6-16-29(27)31)20-21-34(36(35)24-26)32-19-9-15-28-13-5-7-17-30(28)32;;;;/h2*4-9,12-21,23-25H,1-3,10-11,22H2;2*1H3;1H2;. The number of rotatable bonds is 10. The Bertz CT molecular complexity index is 3790. The van der Waals surface area contributed by atoms with Gasteiger partial charge in [-0.25, -0.2) is 0 Å². The van der Waals surface area contributed by atoms with Gasteiger partial charge in [0.05, 0.1) is 0 Å². The van der Waals surface area contributed by atoms with Crippen LogP contribution in [0.25, 0.3) is 99.7 Å². The summed E-state index contributed by atoms with van der Waals surface area (Å²) >= 11 is -4.53. The molecule has 4 aliphatic rings. The second-order valence-corrected chi connectivity index (χ2v) is 55.2. The van der Waals surface area contributed by atoms with Crippen LogP contribution in [0.2, 0.25) is 9.26 Å². The molecule has 2 fully saturated rings. The maximum absolute atomic E-state index is 4.53. The first-order valence-electron chi connectivity index (χ1n) is 29.0. The molecule has 0 aromatic heterocycles. The van der Waals surface area contributed by atoms with E-state index in [2.05, 4.69) is 222 Å². The summed E-state index contributed by atoms with van der Waals surface area (Å²) in [5, 5.41) is 10.6. The SMILES string of the molecule is [CH3][Zr]([CH3])(=[SiH2])([CH]1C(CC2CCCCC2)=Cc2c(-c3cccc4ccccc34)ccc(-c3cccc4ccccc34)c21)[CH]1C(CC2CCCCC2)=Cc2c(-c3cccc4ccccc34)ccc(-c3cccc4ccccc34)c21. The van der Waals surface area contributed by atoms with Gasteiger partial charge in [0.15, 0.2) is 0 Å². The van der Waals surface area contributed by atoms with Gasteiger partial charge in [-0.05, 0) is 0 Å². The van der Waals surface area contributed by atoms with Crippen LogP contribution < -0.4 is 0 Å². The Hall–Kier alpha value is -6.18. The summed E-state index contributed by atoms with van der Waals surface area (Å²) in [6.07, 6.45) is 21.6. The molecule has 0 heterocycles. The Morgan fingerprint density at radius 1 is 0.329 bits per heavy atom. The van der Waals surface area contributed by atoms with E-state index in [-0.39, 0.29) is 0 Å². The van der Waals surface area contributed by atoms with E-state index in [1.165, 1.54) is 176 Å². The molecule has 2 atom stereocenters. The zero-order valence-electron chi connectivity index (χ0n) is 44.6. The van der Waals surface area contributed by atoms with Crippen LogP contribution in [0.3, 0.4) is 0 Å². The van der Waals surface area contributed by atoms with Crippen molar-refractivity contribution in [3.8, 4) is 44.5 Å². The molecule has 374 valence electrons. The molecule has 0 aliphatic heterocycles. The van der Waals surface area contributed by atoms with Gasteiger partial charge in [-0.3, -0.25) is 0 Å². The molecule has 0 N–H and O–H groups in total. The van der Waals surface area contributed by atoms with Crippen molar-refractivity contribution >= 4 is 62.1 Å². The van der Waals surface area contributed by atoms with Crippen LogP contribution in [0.1, 0.15) is 107 Å². The summed E-state index contributed by atoms with van der Waals surface area (Å²) in [6, 6.07) is 75.0. The third-order valence-corrected chi connectivity index (χ3v) is 36.7. The number of hydrogen-bond acceptors (Lipinski definition) is 0. The normalized spacial score (nSPS) is 18.3. The average Bonchev–Trinajstić information content (AvgIpc) is 4.09. The summed E-state index contributed by atoms with van der Waals surface area (Å²) in [6.45, 7) is 2.60. The zero-order chi connectivity index (χ0) is 51.0. The van der Waals surface area contributed by atoms with Crippen LogP contribution in [-0.2, 0) is 17.4 Å². The first kappa shape index (κ1) is 48.2. The topological polar surface area (TPSA) is 0 Å². The van der Waals surface area contributed by atoms with Crippen molar-refractivity contribution in [1.82, 2.24) is 0 Å². The van der Waals surface area contributed by atoms with Crippen LogP contribution >= 0.6 is 0 Å². The molecule has 0 spiro atoms. The van der Waals surface area contributed by atoms with Crippen molar-refractivity contribution in [2.45, 2.75) is 93.6 Å². The molecule has 2 unspecified atom stereocenters. The number of hydrogen-bond donors (Lipinski definition) is 0. The molecule has 10 aromatic rings. The molecule has 10 aromatic carbocycles. The van der Waals surface area contributed by atoms with Gasteiger partial charge in [-0.2, -0.15) is 0 Å². The average molecular weight is 1080 g/mol. The summed E-state index contributed by atoms with van der Waals surface area (Å²) in [5.74, 6) is 1.43. The van der Waals surface area contributed by atoms with E-state index < -0.39 is 17.4 Å². The Morgan fingerprint density at radius 3 is 0.961 bits per heavy atom. The van der Waals surface area contributed by atoms with Gasteiger partial charge in [-0.1, -0.05) is 0 Å². The molecule has 0 saturated heterocycles. The van der Waals surface area contributed by atoms with Crippen LogP contribution in [-0.4, -0.2) is 6.88 Å². The van der Waals surface area contributed by atoms with E-state index in [9.17, 15) is 0 Å². The summed E-state index contributed by atoms with van der Waals surface area (Å²) in [4.78, 5) is 0. The molecule has 76 heavy (non-hydrogen) atoms. The van der Waals surface area contributed by atoms with Crippen LogP contribution in [0, 0.1) is 11.8 Å². The quantitative estimate of drug-likeness (QED) is 0.120. The minimum absolute atomic E-state index is 0.341. The van der Waals surface area contributed by atoms with Gasteiger partial charge in [0, 0.05) is 0 Å². The fourth-order valence-corrected chi connectivity index (χ4v) is 35.5. The second kappa shape index (κ2) is 19.4. The molecule has 0 nitrogen and oxygen atoms in total. The molecule has 2 saturated carbocycles. The molecule has 0 amide bonds. The van der Waals surface area contributed by atoms with E-state index in [0.717, 1.165) is 0 Å². The van der Waals surface area contributed by atoms with Crippen molar-refractivity contribution in [3.05, 3.63) is 228 Å². The fraction of sp³-hybridized carbons (Fsp3) is 0.243. The molecule has 4 aliphatic carbocycles. The first-order valence-corrected chi connectivity index (χ1v) is 42.7. The molecule has 2 heteroatoms. The van der Waals surface area contributed by atoms with Gasteiger partial charge in [-0.15, -0.1) is 0 Å². The molecule has 0 radical (unpaired) electrons. The van der Waals surface area contributed by atoms with Crippen molar-refractivity contribution < 1.29 is 17.4 Å². The van der Waals surface area contributed by atoms with Crippen LogP contribution in [0.4, 0.5) is 0 Å². The Morgan fingerprint density at radius 2 is 0.618 bits per heavy atom. The number of fused-ring (bicyclic) bond motifs is 6. The molecule has 0 bridgehead atoms.